The Bertz CT molecular complexity index is 1220. The number of hydrogen-bond acceptors (Lipinski definition) is 5. The lowest BCUT2D eigenvalue weighted by atomic mass is 9.94. The number of nitrogens with zero attached hydrogens (tertiary/aromatic N) is 2. The van der Waals surface area contributed by atoms with Crippen molar-refractivity contribution in [3.8, 4) is 5.75 Å². The number of pyridine rings is 1. The van der Waals surface area contributed by atoms with Gasteiger partial charge in [0.15, 0.2) is 0 Å². The third-order valence-electron chi connectivity index (χ3n) is 5.93. The summed E-state index contributed by atoms with van der Waals surface area (Å²) < 4.78 is 5.75. The van der Waals surface area contributed by atoms with Crippen LogP contribution in [0, 0.1) is 0 Å². The number of fused-ring (bicyclic) bond motifs is 1. The Balaban J connectivity index is 1.62. The van der Waals surface area contributed by atoms with E-state index in [-0.39, 0.29) is 24.0 Å². The highest BCUT2D eigenvalue weighted by Gasteiger charge is 2.46. The lowest BCUT2D eigenvalue weighted by Crippen LogP contribution is -2.29. The quantitative estimate of drug-likeness (QED) is 0.387. The van der Waals surface area contributed by atoms with Crippen molar-refractivity contribution in [2.45, 2.75) is 32.0 Å². The summed E-state index contributed by atoms with van der Waals surface area (Å²) in [6.45, 7) is 2.22. The fraction of sp³-hybridized carbons (Fsp3) is 0.192. The molecule has 2 aliphatic rings. The first-order valence-corrected chi connectivity index (χ1v) is 10.5. The highest BCUT2D eigenvalue weighted by molar-refractivity contribution is 6.46. The zero-order valence-corrected chi connectivity index (χ0v) is 17.6. The molecule has 0 radical (unpaired) electrons. The number of aliphatic hydroxyl groups is 1. The van der Waals surface area contributed by atoms with Crippen LogP contribution in [0.4, 0.5) is 0 Å². The monoisotopic (exact) mass is 426 g/mol. The van der Waals surface area contributed by atoms with Crippen LogP contribution in [0.5, 0.6) is 5.75 Å². The number of rotatable bonds is 4. The van der Waals surface area contributed by atoms with Crippen LogP contribution >= 0.6 is 0 Å². The van der Waals surface area contributed by atoms with Crippen LogP contribution in [0.15, 0.2) is 78.6 Å². The van der Waals surface area contributed by atoms with Gasteiger partial charge in [-0.05, 0) is 53.9 Å². The average Bonchev–Trinajstić information content (AvgIpc) is 3.31. The van der Waals surface area contributed by atoms with Crippen LogP contribution in [0.3, 0.4) is 0 Å². The summed E-state index contributed by atoms with van der Waals surface area (Å²) in [5.74, 6) is -0.700. The molecule has 5 rings (SSSR count). The molecule has 0 saturated carbocycles. The summed E-state index contributed by atoms with van der Waals surface area (Å²) in [7, 11) is 0. The standard InChI is InChI=1S/C26H22N2O4/c1-16-13-20-14-19(7-8-21(20)32-16)24(29)22-23(18-5-3-2-4-6-18)28(26(31)25(22)30)15-17-9-11-27-12-10-17/h2-12,14,16,23,29H,13,15H2,1H3/b24-22-. The largest absolute Gasteiger partial charge is 0.507 e. The number of hydrogen-bond donors (Lipinski definition) is 1. The molecule has 6 heteroatoms. The van der Waals surface area contributed by atoms with Gasteiger partial charge in [-0.15, -0.1) is 0 Å². The van der Waals surface area contributed by atoms with Gasteiger partial charge in [0.2, 0.25) is 0 Å². The van der Waals surface area contributed by atoms with Crippen LogP contribution in [-0.2, 0) is 22.6 Å². The number of ketones is 1. The lowest BCUT2D eigenvalue weighted by molar-refractivity contribution is -0.140. The van der Waals surface area contributed by atoms with Crippen molar-refractivity contribution >= 4 is 17.4 Å². The molecule has 0 spiro atoms. The molecule has 1 saturated heterocycles. The molecule has 2 aromatic carbocycles. The minimum absolute atomic E-state index is 0.0673. The maximum Gasteiger partial charge on any atom is 0.295 e. The van der Waals surface area contributed by atoms with E-state index in [0.29, 0.717) is 5.56 Å². The van der Waals surface area contributed by atoms with Gasteiger partial charge in [0.25, 0.3) is 11.7 Å². The molecule has 0 aliphatic carbocycles. The molecule has 2 unspecified atom stereocenters. The molecule has 160 valence electrons. The SMILES string of the molecule is CC1Cc2cc(/C(O)=C3/C(=O)C(=O)N(Cc4ccncc4)C3c3ccccc3)ccc2O1. The summed E-state index contributed by atoms with van der Waals surface area (Å²) in [4.78, 5) is 31.7. The zero-order valence-electron chi connectivity index (χ0n) is 17.6. The third-order valence-corrected chi connectivity index (χ3v) is 5.93. The molecule has 1 fully saturated rings. The maximum absolute atomic E-state index is 13.1. The van der Waals surface area contributed by atoms with Crippen LogP contribution in [0.1, 0.15) is 35.2 Å². The Morgan fingerprint density at radius 1 is 1.09 bits per heavy atom. The first-order valence-electron chi connectivity index (χ1n) is 10.5. The number of aromatic nitrogens is 1. The molecule has 1 amide bonds. The Labute approximate surface area is 185 Å². The highest BCUT2D eigenvalue weighted by atomic mass is 16.5. The average molecular weight is 426 g/mol. The number of benzene rings is 2. The summed E-state index contributed by atoms with van der Waals surface area (Å²) in [6, 6.07) is 17.6. The van der Waals surface area contributed by atoms with Gasteiger partial charge in [0, 0.05) is 30.9 Å². The number of carbonyl (C=O) groups is 2. The molecule has 1 aromatic heterocycles. The Hall–Kier alpha value is -3.93. The van der Waals surface area contributed by atoms with E-state index in [2.05, 4.69) is 4.98 Å². The normalized spacial score (nSPS) is 21.5. The summed E-state index contributed by atoms with van der Waals surface area (Å²) in [5.41, 5.74) is 3.20. The Morgan fingerprint density at radius 2 is 1.84 bits per heavy atom. The van der Waals surface area contributed by atoms with E-state index in [9.17, 15) is 14.7 Å². The van der Waals surface area contributed by atoms with Crippen molar-refractivity contribution in [3.63, 3.8) is 0 Å². The second kappa shape index (κ2) is 7.96. The molecule has 3 heterocycles. The third kappa shape index (κ3) is 3.43. The van der Waals surface area contributed by atoms with E-state index in [1.54, 1.807) is 24.5 Å². The summed E-state index contributed by atoms with van der Waals surface area (Å²) in [6.07, 6.45) is 4.10. The fourth-order valence-electron chi connectivity index (χ4n) is 4.43. The van der Waals surface area contributed by atoms with E-state index >= 15 is 0 Å². The Kier molecular flexibility index (Phi) is 4.98. The Morgan fingerprint density at radius 3 is 2.59 bits per heavy atom. The first-order chi connectivity index (χ1) is 15.5. The predicted octanol–water partition coefficient (Wildman–Crippen LogP) is 4.03. The van der Waals surface area contributed by atoms with Crippen LogP contribution in [-0.4, -0.2) is 32.8 Å². The molecule has 2 atom stereocenters. The molecule has 2 aliphatic heterocycles. The number of amides is 1. The van der Waals surface area contributed by atoms with Crippen molar-refractivity contribution in [3.05, 3.63) is 101 Å². The van der Waals surface area contributed by atoms with Gasteiger partial charge in [-0.1, -0.05) is 30.3 Å². The molecule has 6 nitrogen and oxygen atoms in total. The number of likely N-dealkylation sites (tertiary alicyclic amines) is 1. The van der Waals surface area contributed by atoms with E-state index in [1.165, 1.54) is 4.90 Å². The second-order valence-electron chi connectivity index (χ2n) is 8.15. The molecule has 0 bridgehead atoms. The fourth-order valence-corrected chi connectivity index (χ4v) is 4.43. The first kappa shape index (κ1) is 20.0. The van der Waals surface area contributed by atoms with Crippen molar-refractivity contribution < 1.29 is 19.4 Å². The molecule has 1 N–H and O–H groups in total. The number of aliphatic hydroxyl groups excluding tert-OH is 1. The van der Waals surface area contributed by atoms with Gasteiger partial charge in [-0.2, -0.15) is 0 Å². The lowest BCUT2D eigenvalue weighted by Gasteiger charge is -2.25. The number of ether oxygens (including phenoxy) is 1. The van der Waals surface area contributed by atoms with E-state index in [4.69, 9.17) is 4.74 Å². The molecular weight excluding hydrogens is 404 g/mol. The van der Waals surface area contributed by atoms with Gasteiger partial charge in [-0.3, -0.25) is 14.6 Å². The zero-order chi connectivity index (χ0) is 22.2. The van der Waals surface area contributed by atoms with E-state index in [0.717, 1.165) is 28.9 Å². The van der Waals surface area contributed by atoms with Gasteiger partial charge < -0.3 is 14.7 Å². The van der Waals surface area contributed by atoms with Crippen LogP contribution in [0.25, 0.3) is 5.76 Å². The summed E-state index contributed by atoms with van der Waals surface area (Å²) in [5, 5.41) is 11.3. The smallest absolute Gasteiger partial charge is 0.295 e. The maximum atomic E-state index is 13.1. The van der Waals surface area contributed by atoms with E-state index in [1.807, 2.05) is 55.5 Å². The minimum Gasteiger partial charge on any atom is -0.507 e. The van der Waals surface area contributed by atoms with Gasteiger partial charge in [0.05, 0.1) is 11.6 Å². The van der Waals surface area contributed by atoms with Crippen molar-refractivity contribution in [2.24, 2.45) is 0 Å². The van der Waals surface area contributed by atoms with Crippen LogP contribution in [0.2, 0.25) is 0 Å². The number of carbonyl (C=O) groups excluding carboxylic acids is 2. The predicted molar refractivity (Wildman–Crippen MR) is 119 cm³/mol. The molecular formula is C26H22N2O4. The van der Waals surface area contributed by atoms with Crippen molar-refractivity contribution in [2.75, 3.05) is 0 Å². The van der Waals surface area contributed by atoms with Gasteiger partial charge in [0.1, 0.15) is 17.6 Å². The topological polar surface area (TPSA) is 79.7 Å². The molecule has 32 heavy (non-hydrogen) atoms. The van der Waals surface area contributed by atoms with E-state index < -0.39 is 17.7 Å². The minimum atomic E-state index is -0.687. The van der Waals surface area contributed by atoms with Crippen LogP contribution < -0.4 is 4.74 Å². The van der Waals surface area contributed by atoms with Crippen molar-refractivity contribution in [1.29, 1.82) is 0 Å². The summed E-state index contributed by atoms with van der Waals surface area (Å²) >= 11 is 0. The highest BCUT2D eigenvalue weighted by Crippen LogP contribution is 2.41. The number of Topliss-reactive ketones (excluding diaryl/α,β-unsaturated/α-hetero) is 1. The molecule has 3 aromatic rings. The van der Waals surface area contributed by atoms with Crippen molar-refractivity contribution in [1.82, 2.24) is 9.88 Å². The van der Waals surface area contributed by atoms with Gasteiger partial charge in [-0.25, -0.2) is 0 Å². The van der Waals surface area contributed by atoms with Gasteiger partial charge >= 0.3 is 0 Å². The second-order valence-corrected chi connectivity index (χ2v) is 8.15.